The molecule has 20 heavy (non-hydrogen) atoms. The Morgan fingerprint density at radius 1 is 1.35 bits per heavy atom. The molecule has 0 radical (unpaired) electrons. The van der Waals surface area contributed by atoms with Gasteiger partial charge in [0.1, 0.15) is 5.58 Å². The largest absolute Gasteiger partial charge is 0.444 e. The van der Waals surface area contributed by atoms with E-state index in [1.54, 1.807) is 0 Å². The summed E-state index contributed by atoms with van der Waals surface area (Å²) in [6, 6.07) is 7.91. The van der Waals surface area contributed by atoms with Gasteiger partial charge in [-0.05, 0) is 31.5 Å². The fraction of sp³-hybridized carbons (Fsp3) is 0.400. The molecule has 0 fully saturated rings. The van der Waals surface area contributed by atoms with Crippen molar-refractivity contribution in [1.82, 2.24) is 10.6 Å². The van der Waals surface area contributed by atoms with Crippen LogP contribution >= 0.6 is 11.6 Å². The molecule has 0 unspecified atom stereocenters. The number of benzene rings is 1. The van der Waals surface area contributed by atoms with Crippen LogP contribution < -0.4 is 10.6 Å². The molecule has 2 aromatic rings. The van der Waals surface area contributed by atoms with Gasteiger partial charge in [-0.3, -0.25) is 4.79 Å². The first-order chi connectivity index (χ1) is 9.58. The lowest BCUT2D eigenvalue weighted by atomic mass is 10.2. The van der Waals surface area contributed by atoms with Crippen molar-refractivity contribution in [3.8, 4) is 0 Å². The van der Waals surface area contributed by atoms with Gasteiger partial charge in [-0.2, -0.15) is 0 Å². The summed E-state index contributed by atoms with van der Waals surface area (Å²) in [4.78, 5) is 11.5. The van der Waals surface area contributed by atoms with E-state index in [0.717, 1.165) is 16.5 Å². The fourth-order valence-corrected chi connectivity index (χ4v) is 2.29. The lowest BCUT2D eigenvalue weighted by molar-refractivity contribution is -0.121. The molecule has 1 aromatic carbocycles. The maximum Gasteiger partial charge on any atom is 0.221 e. The number of para-hydroxylation sites is 1. The van der Waals surface area contributed by atoms with Gasteiger partial charge in [0.15, 0.2) is 5.22 Å². The van der Waals surface area contributed by atoms with Gasteiger partial charge >= 0.3 is 0 Å². The summed E-state index contributed by atoms with van der Waals surface area (Å²) in [7, 11) is 0. The molecule has 1 heterocycles. The average Bonchev–Trinajstić information content (AvgIpc) is 2.70. The van der Waals surface area contributed by atoms with Gasteiger partial charge in [-0.15, -0.1) is 0 Å². The smallest absolute Gasteiger partial charge is 0.221 e. The van der Waals surface area contributed by atoms with E-state index in [0.29, 0.717) is 24.7 Å². The average molecular weight is 295 g/mol. The molecule has 4 nitrogen and oxygen atoms in total. The molecule has 1 aromatic heterocycles. The molecule has 0 aliphatic carbocycles. The van der Waals surface area contributed by atoms with Crippen LogP contribution in [0.15, 0.2) is 28.7 Å². The summed E-state index contributed by atoms with van der Waals surface area (Å²) < 4.78 is 5.48. The van der Waals surface area contributed by atoms with Crippen molar-refractivity contribution in [1.29, 1.82) is 0 Å². The van der Waals surface area contributed by atoms with Crippen molar-refractivity contribution in [3.05, 3.63) is 35.0 Å². The third-order valence-electron chi connectivity index (χ3n) is 2.93. The van der Waals surface area contributed by atoms with E-state index in [9.17, 15) is 4.79 Å². The van der Waals surface area contributed by atoms with E-state index in [1.807, 2.05) is 38.1 Å². The van der Waals surface area contributed by atoms with E-state index in [-0.39, 0.29) is 11.9 Å². The highest BCUT2D eigenvalue weighted by Crippen LogP contribution is 2.29. The number of hydrogen-bond acceptors (Lipinski definition) is 3. The summed E-state index contributed by atoms with van der Waals surface area (Å²) in [5.74, 6) is 0.0515. The van der Waals surface area contributed by atoms with Gasteiger partial charge in [0.05, 0.1) is 0 Å². The number of carbonyl (C=O) groups is 1. The molecule has 108 valence electrons. The molecule has 2 rings (SSSR count). The van der Waals surface area contributed by atoms with Crippen LogP contribution in [0, 0.1) is 0 Å². The van der Waals surface area contributed by atoms with Gasteiger partial charge in [0.2, 0.25) is 5.91 Å². The SMILES string of the molecule is CC(C)NC(=O)CCNCc1c(Cl)oc2ccccc12. The fourth-order valence-electron chi connectivity index (χ4n) is 2.04. The molecule has 0 atom stereocenters. The van der Waals surface area contributed by atoms with Crippen molar-refractivity contribution in [2.45, 2.75) is 32.9 Å². The van der Waals surface area contributed by atoms with Crippen molar-refractivity contribution in [2.75, 3.05) is 6.54 Å². The van der Waals surface area contributed by atoms with E-state index in [2.05, 4.69) is 10.6 Å². The van der Waals surface area contributed by atoms with Crippen molar-refractivity contribution < 1.29 is 9.21 Å². The van der Waals surface area contributed by atoms with Gasteiger partial charge in [0.25, 0.3) is 0 Å². The summed E-state index contributed by atoms with van der Waals surface area (Å²) in [6.07, 6.45) is 0.450. The predicted molar refractivity (Wildman–Crippen MR) is 80.8 cm³/mol. The summed E-state index contributed by atoms with van der Waals surface area (Å²) >= 11 is 6.09. The van der Waals surface area contributed by atoms with Gasteiger partial charge in [-0.1, -0.05) is 18.2 Å². The number of carbonyl (C=O) groups excluding carboxylic acids is 1. The minimum absolute atomic E-state index is 0.0515. The minimum Gasteiger partial charge on any atom is -0.444 e. The second kappa shape index (κ2) is 6.77. The number of hydrogen-bond donors (Lipinski definition) is 2. The van der Waals surface area contributed by atoms with Gasteiger partial charge in [0, 0.05) is 36.5 Å². The Morgan fingerprint density at radius 3 is 2.85 bits per heavy atom. The normalized spacial score (nSPS) is 11.2. The van der Waals surface area contributed by atoms with Crippen LogP contribution in [0.25, 0.3) is 11.0 Å². The Hall–Kier alpha value is -1.52. The molecule has 5 heteroatoms. The zero-order valence-corrected chi connectivity index (χ0v) is 12.5. The van der Waals surface area contributed by atoms with Crippen LogP contribution in [0.2, 0.25) is 5.22 Å². The highest BCUT2D eigenvalue weighted by Gasteiger charge is 2.11. The van der Waals surface area contributed by atoms with Crippen molar-refractivity contribution in [2.24, 2.45) is 0 Å². The third-order valence-corrected chi connectivity index (χ3v) is 3.23. The van der Waals surface area contributed by atoms with Crippen LogP contribution in [0.4, 0.5) is 0 Å². The Balaban J connectivity index is 1.87. The molecule has 2 N–H and O–H groups in total. The Kier molecular flexibility index (Phi) is 5.04. The number of furan rings is 1. The topological polar surface area (TPSA) is 54.3 Å². The maximum absolute atomic E-state index is 11.5. The summed E-state index contributed by atoms with van der Waals surface area (Å²) in [6.45, 7) is 5.09. The number of rotatable bonds is 6. The quantitative estimate of drug-likeness (QED) is 0.805. The van der Waals surface area contributed by atoms with E-state index in [1.165, 1.54) is 0 Å². The number of amides is 1. The van der Waals surface area contributed by atoms with Crippen LogP contribution in [0.1, 0.15) is 25.8 Å². The monoisotopic (exact) mass is 294 g/mol. The molecular formula is C15H19ClN2O2. The highest BCUT2D eigenvalue weighted by atomic mass is 35.5. The van der Waals surface area contributed by atoms with E-state index in [4.69, 9.17) is 16.0 Å². The van der Waals surface area contributed by atoms with E-state index < -0.39 is 0 Å². The van der Waals surface area contributed by atoms with Crippen molar-refractivity contribution >= 4 is 28.5 Å². The summed E-state index contributed by atoms with van der Waals surface area (Å²) in [5.41, 5.74) is 1.72. The zero-order chi connectivity index (χ0) is 14.5. The predicted octanol–water partition coefficient (Wildman–Crippen LogP) is 3.09. The highest BCUT2D eigenvalue weighted by molar-refractivity contribution is 6.30. The molecule has 0 saturated carbocycles. The van der Waals surface area contributed by atoms with Gasteiger partial charge < -0.3 is 15.1 Å². The molecule has 0 spiro atoms. The first-order valence-corrected chi connectivity index (χ1v) is 7.11. The Bertz CT molecular complexity index is 593. The first-order valence-electron chi connectivity index (χ1n) is 6.74. The second-order valence-electron chi connectivity index (χ2n) is 5.00. The van der Waals surface area contributed by atoms with Crippen LogP contribution in [-0.2, 0) is 11.3 Å². The molecule has 0 aliphatic rings. The first kappa shape index (κ1) is 14.9. The number of nitrogens with one attached hydrogen (secondary N) is 2. The van der Waals surface area contributed by atoms with Crippen LogP contribution in [0.3, 0.4) is 0 Å². The number of halogens is 1. The summed E-state index contributed by atoms with van der Waals surface area (Å²) in [5, 5.41) is 7.49. The number of fused-ring (bicyclic) bond motifs is 1. The van der Waals surface area contributed by atoms with Crippen LogP contribution in [-0.4, -0.2) is 18.5 Å². The Labute approximate surface area is 123 Å². The maximum atomic E-state index is 11.5. The van der Waals surface area contributed by atoms with Crippen LogP contribution in [0.5, 0.6) is 0 Å². The second-order valence-corrected chi connectivity index (χ2v) is 5.34. The van der Waals surface area contributed by atoms with Gasteiger partial charge in [-0.25, -0.2) is 0 Å². The molecule has 0 aliphatic heterocycles. The lowest BCUT2D eigenvalue weighted by Gasteiger charge is -2.08. The third kappa shape index (κ3) is 3.74. The molecule has 0 saturated heterocycles. The minimum atomic E-state index is 0.0515. The zero-order valence-electron chi connectivity index (χ0n) is 11.7. The Morgan fingerprint density at radius 2 is 2.10 bits per heavy atom. The van der Waals surface area contributed by atoms with Crippen molar-refractivity contribution in [3.63, 3.8) is 0 Å². The lowest BCUT2D eigenvalue weighted by Crippen LogP contribution is -2.32. The molecular weight excluding hydrogens is 276 g/mol. The molecule has 1 amide bonds. The molecule has 0 bridgehead atoms. The van der Waals surface area contributed by atoms with E-state index >= 15 is 0 Å². The standard InChI is InChI=1S/C15H19ClN2O2/c1-10(2)18-14(19)7-8-17-9-12-11-5-3-4-6-13(11)20-15(12)16/h3-6,10,17H,7-9H2,1-2H3,(H,18,19).